The number of hydrogen-bond donors (Lipinski definition) is 0. The first-order valence-electron chi connectivity index (χ1n) is 5.06. The fraction of sp³-hybridized carbons (Fsp3) is 0.417. The monoisotopic (exact) mass is 281 g/mol. The van der Waals surface area contributed by atoms with Gasteiger partial charge >= 0.3 is 0 Å². The van der Waals surface area contributed by atoms with E-state index in [9.17, 15) is 4.79 Å². The Hall–Kier alpha value is -1.12. The molecular formula is C12H12BrNO2. The van der Waals surface area contributed by atoms with Crippen LogP contribution < -0.4 is 4.74 Å². The maximum Gasteiger partial charge on any atom is 0.235 e. The number of methoxy groups -OCH3 is 1. The molecule has 0 bridgehead atoms. The summed E-state index contributed by atoms with van der Waals surface area (Å²) in [5.41, 5.74) is 1.85. The molecule has 0 N–H and O–H groups in total. The predicted octanol–water partition coefficient (Wildman–Crippen LogP) is 3.09. The number of isocyanates is 1. The zero-order valence-electron chi connectivity index (χ0n) is 9.21. The van der Waals surface area contributed by atoms with E-state index in [0.29, 0.717) is 0 Å². The maximum atomic E-state index is 10.4. The molecule has 0 aromatic heterocycles. The summed E-state index contributed by atoms with van der Waals surface area (Å²) in [5.74, 6) is 0.771. The first kappa shape index (κ1) is 11.4. The molecule has 1 aromatic carbocycles. The smallest absolute Gasteiger partial charge is 0.235 e. The molecular weight excluding hydrogens is 270 g/mol. The molecule has 0 amide bonds. The van der Waals surface area contributed by atoms with Crippen LogP contribution in [0, 0.1) is 6.92 Å². The van der Waals surface area contributed by atoms with E-state index in [1.807, 2.05) is 19.1 Å². The van der Waals surface area contributed by atoms with Crippen LogP contribution in [0.5, 0.6) is 5.75 Å². The van der Waals surface area contributed by atoms with Crippen LogP contribution in [0.25, 0.3) is 0 Å². The van der Waals surface area contributed by atoms with E-state index >= 15 is 0 Å². The van der Waals surface area contributed by atoms with Crippen LogP contribution in [-0.2, 0) is 10.3 Å². The first-order chi connectivity index (χ1) is 7.63. The summed E-state index contributed by atoms with van der Waals surface area (Å²) in [5, 5.41) is 0. The van der Waals surface area contributed by atoms with Gasteiger partial charge in [0.05, 0.1) is 17.1 Å². The van der Waals surface area contributed by atoms with Crippen molar-refractivity contribution in [2.45, 2.75) is 25.3 Å². The zero-order chi connectivity index (χ0) is 11.8. The van der Waals surface area contributed by atoms with Gasteiger partial charge < -0.3 is 4.74 Å². The van der Waals surface area contributed by atoms with E-state index in [2.05, 4.69) is 20.9 Å². The number of aryl methyl sites for hydroxylation is 1. The molecule has 0 radical (unpaired) electrons. The maximum absolute atomic E-state index is 10.4. The van der Waals surface area contributed by atoms with Crippen LogP contribution in [0.1, 0.15) is 24.0 Å². The Kier molecular flexibility index (Phi) is 2.87. The molecule has 0 atom stereocenters. The molecule has 0 spiro atoms. The summed E-state index contributed by atoms with van der Waals surface area (Å²) in [6.07, 6.45) is 3.49. The summed E-state index contributed by atoms with van der Waals surface area (Å²) >= 11 is 3.43. The largest absolute Gasteiger partial charge is 0.496 e. The number of carbonyl (C=O) groups excluding carboxylic acids is 1. The summed E-state index contributed by atoms with van der Waals surface area (Å²) < 4.78 is 6.17. The van der Waals surface area contributed by atoms with E-state index in [1.54, 1.807) is 13.2 Å². The van der Waals surface area contributed by atoms with Crippen molar-refractivity contribution in [2.24, 2.45) is 4.99 Å². The van der Waals surface area contributed by atoms with Crippen molar-refractivity contribution >= 4 is 22.0 Å². The Morgan fingerprint density at radius 1 is 1.50 bits per heavy atom. The van der Waals surface area contributed by atoms with E-state index in [1.165, 1.54) is 0 Å². The minimum atomic E-state index is -0.334. The fourth-order valence-electron chi connectivity index (χ4n) is 1.96. The zero-order valence-corrected chi connectivity index (χ0v) is 10.8. The van der Waals surface area contributed by atoms with Gasteiger partial charge in [-0.3, -0.25) is 0 Å². The molecule has 84 valence electrons. The van der Waals surface area contributed by atoms with Gasteiger partial charge in [-0.15, -0.1) is 0 Å². The molecule has 4 heteroatoms. The molecule has 1 saturated carbocycles. The second-order valence-corrected chi connectivity index (χ2v) is 4.89. The summed E-state index contributed by atoms with van der Waals surface area (Å²) in [4.78, 5) is 14.4. The highest BCUT2D eigenvalue weighted by Crippen LogP contribution is 2.51. The van der Waals surface area contributed by atoms with Crippen molar-refractivity contribution < 1.29 is 9.53 Å². The third-order valence-corrected chi connectivity index (χ3v) is 3.60. The third kappa shape index (κ3) is 1.79. The average molecular weight is 282 g/mol. The molecule has 0 aliphatic heterocycles. The minimum Gasteiger partial charge on any atom is -0.496 e. The lowest BCUT2D eigenvalue weighted by Gasteiger charge is -2.14. The van der Waals surface area contributed by atoms with Gasteiger partial charge in [-0.1, -0.05) is 0 Å². The Balaban J connectivity index is 2.53. The Labute approximate surface area is 103 Å². The van der Waals surface area contributed by atoms with Crippen LogP contribution >= 0.6 is 15.9 Å². The minimum absolute atomic E-state index is 0.334. The van der Waals surface area contributed by atoms with Crippen molar-refractivity contribution in [2.75, 3.05) is 7.11 Å². The lowest BCUT2D eigenvalue weighted by Crippen LogP contribution is -2.05. The Morgan fingerprint density at radius 2 is 2.19 bits per heavy atom. The van der Waals surface area contributed by atoms with Crippen molar-refractivity contribution in [1.29, 1.82) is 0 Å². The van der Waals surface area contributed by atoms with Crippen molar-refractivity contribution in [3.05, 3.63) is 27.7 Å². The lowest BCUT2D eigenvalue weighted by molar-refractivity contribution is 0.410. The summed E-state index contributed by atoms with van der Waals surface area (Å²) in [7, 11) is 1.63. The van der Waals surface area contributed by atoms with Gasteiger partial charge in [-0.05, 0) is 59.0 Å². The van der Waals surface area contributed by atoms with E-state index in [-0.39, 0.29) is 5.54 Å². The van der Waals surface area contributed by atoms with Crippen LogP contribution in [0.2, 0.25) is 0 Å². The van der Waals surface area contributed by atoms with E-state index in [0.717, 1.165) is 34.2 Å². The molecule has 1 aliphatic carbocycles. The number of nitrogens with zero attached hydrogens (tertiary/aromatic N) is 1. The summed E-state index contributed by atoms with van der Waals surface area (Å²) in [6.45, 7) is 2.01. The first-order valence-corrected chi connectivity index (χ1v) is 5.86. The lowest BCUT2D eigenvalue weighted by atomic mass is 9.99. The standard InChI is InChI=1S/C12H12BrNO2/c1-8-5-10(13)11(16-2)6-9(8)12(3-4-12)14-7-15/h5-6H,3-4H2,1-2H3. The SMILES string of the molecule is COc1cc(C2(N=C=O)CC2)c(C)cc1Br. The second-order valence-electron chi connectivity index (χ2n) is 4.04. The van der Waals surface area contributed by atoms with Gasteiger partial charge in [-0.2, -0.15) is 4.99 Å². The second kappa shape index (κ2) is 4.04. The number of halogens is 1. The van der Waals surface area contributed by atoms with Crippen molar-refractivity contribution in [3.63, 3.8) is 0 Å². The molecule has 0 heterocycles. The molecule has 1 aliphatic rings. The van der Waals surface area contributed by atoms with Gasteiger partial charge in [0.2, 0.25) is 6.08 Å². The molecule has 0 saturated heterocycles. The third-order valence-electron chi connectivity index (χ3n) is 2.98. The van der Waals surface area contributed by atoms with Crippen LogP contribution in [0.3, 0.4) is 0 Å². The molecule has 16 heavy (non-hydrogen) atoms. The van der Waals surface area contributed by atoms with Gasteiger partial charge in [0, 0.05) is 0 Å². The predicted molar refractivity (Wildman–Crippen MR) is 64.5 cm³/mol. The molecule has 1 fully saturated rings. The van der Waals surface area contributed by atoms with E-state index < -0.39 is 0 Å². The number of benzene rings is 1. The van der Waals surface area contributed by atoms with Crippen LogP contribution in [0.4, 0.5) is 0 Å². The fourth-order valence-corrected chi connectivity index (χ4v) is 2.58. The van der Waals surface area contributed by atoms with E-state index in [4.69, 9.17) is 4.74 Å². The van der Waals surface area contributed by atoms with Crippen molar-refractivity contribution in [3.8, 4) is 5.75 Å². The number of rotatable bonds is 3. The number of hydrogen-bond acceptors (Lipinski definition) is 3. The molecule has 1 aromatic rings. The van der Waals surface area contributed by atoms with Gasteiger partial charge in [-0.25, -0.2) is 4.79 Å². The highest BCUT2D eigenvalue weighted by Gasteiger charge is 2.46. The number of aliphatic imine (C=N–C) groups is 1. The van der Waals surface area contributed by atoms with Crippen LogP contribution in [0.15, 0.2) is 21.6 Å². The van der Waals surface area contributed by atoms with Gasteiger partial charge in [0.25, 0.3) is 0 Å². The highest BCUT2D eigenvalue weighted by molar-refractivity contribution is 9.10. The Morgan fingerprint density at radius 3 is 2.69 bits per heavy atom. The van der Waals surface area contributed by atoms with Gasteiger partial charge in [0.1, 0.15) is 5.75 Å². The Bertz CT molecular complexity index is 474. The molecule has 2 rings (SSSR count). The quantitative estimate of drug-likeness (QED) is 0.631. The molecule has 0 unspecified atom stereocenters. The molecule has 3 nitrogen and oxygen atoms in total. The topological polar surface area (TPSA) is 38.7 Å². The number of ether oxygens (including phenoxy) is 1. The highest BCUT2D eigenvalue weighted by atomic mass is 79.9. The van der Waals surface area contributed by atoms with Gasteiger partial charge in [0.15, 0.2) is 0 Å². The summed E-state index contributed by atoms with van der Waals surface area (Å²) in [6, 6.07) is 3.95. The normalized spacial score (nSPS) is 16.4. The van der Waals surface area contributed by atoms with Crippen LogP contribution in [-0.4, -0.2) is 13.2 Å². The average Bonchev–Trinajstić information content (AvgIpc) is 2.99. The van der Waals surface area contributed by atoms with Crippen molar-refractivity contribution in [1.82, 2.24) is 0 Å².